The molecule has 5 aromatic carbocycles. The van der Waals surface area contributed by atoms with Crippen LogP contribution >= 0.6 is 0 Å². The molecule has 0 saturated carbocycles. The molecule has 1 radical (unpaired) electrons. The second kappa shape index (κ2) is 14.4. The van der Waals surface area contributed by atoms with Crippen molar-refractivity contribution in [2.24, 2.45) is 0 Å². The van der Waals surface area contributed by atoms with Crippen LogP contribution in [0.2, 0.25) is 0 Å². The van der Waals surface area contributed by atoms with Crippen molar-refractivity contribution in [1.82, 2.24) is 25.1 Å². The minimum Gasteiger partial charge on any atom is -0.366 e. The number of para-hydroxylation sites is 1. The first-order valence-electron chi connectivity index (χ1n) is 14.4. The van der Waals surface area contributed by atoms with Gasteiger partial charge in [0.05, 0.1) is 0 Å². The molecule has 3 aromatic heterocycles. The van der Waals surface area contributed by atoms with Gasteiger partial charge in [-0.05, 0) is 17.8 Å². The molecule has 6 nitrogen and oxygen atoms in total. The Kier molecular flexibility index (Phi) is 9.55. The normalized spacial score (nSPS) is 10.4. The second-order valence-electron chi connectivity index (χ2n) is 10.0. The average Bonchev–Trinajstić information content (AvgIpc) is 3.58. The molecular formula is C39H25IrN5O-2. The van der Waals surface area contributed by atoms with Crippen molar-refractivity contribution < 1.29 is 24.6 Å². The van der Waals surface area contributed by atoms with Gasteiger partial charge in [-0.2, -0.15) is 0 Å². The van der Waals surface area contributed by atoms with Gasteiger partial charge in [0.1, 0.15) is 0 Å². The Hall–Kier alpha value is -5.62. The van der Waals surface area contributed by atoms with Gasteiger partial charge in [0.25, 0.3) is 0 Å². The molecule has 8 aromatic rings. The van der Waals surface area contributed by atoms with Gasteiger partial charge in [-0.3, -0.25) is 0 Å². The average molecular weight is 772 g/mol. The Morgan fingerprint density at radius 2 is 1.04 bits per heavy atom. The maximum Gasteiger partial charge on any atom is 0.164 e. The van der Waals surface area contributed by atoms with Crippen LogP contribution < -0.4 is 0 Å². The van der Waals surface area contributed by atoms with E-state index in [-0.39, 0.29) is 20.1 Å². The van der Waals surface area contributed by atoms with Gasteiger partial charge in [-0.25, -0.2) is 15.0 Å². The van der Waals surface area contributed by atoms with Crippen molar-refractivity contribution in [3.8, 4) is 56.7 Å². The van der Waals surface area contributed by atoms with Crippen LogP contribution in [0.1, 0.15) is 0 Å². The summed E-state index contributed by atoms with van der Waals surface area (Å²) in [5, 5.41) is 5.09. The fourth-order valence-corrected chi connectivity index (χ4v) is 4.83. The number of pyridine rings is 1. The third-order valence-corrected chi connectivity index (χ3v) is 7.04. The van der Waals surface area contributed by atoms with E-state index in [1.807, 2.05) is 146 Å². The maximum atomic E-state index is 5.23. The summed E-state index contributed by atoms with van der Waals surface area (Å²) in [6.07, 6.45) is 1.78. The number of aromatic nitrogens is 5. The maximum absolute atomic E-state index is 5.23. The van der Waals surface area contributed by atoms with Gasteiger partial charge < -0.3 is 9.51 Å². The Bertz CT molecular complexity index is 2100. The number of rotatable bonds is 5. The van der Waals surface area contributed by atoms with E-state index in [0.29, 0.717) is 17.5 Å². The Labute approximate surface area is 280 Å². The van der Waals surface area contributed by atoms with E-state index >= 15 is 0 Å². The van der Waals surface area contributed by atoms with Crippen molar-refractivity contribution in [3.63, 3.8) is 0 Å². The predicted molar refractivity (Wildman–Crippen MR) is 176 cm³/mol. The molecule has 223 valence electrons. The van der Waals surface area contributed by atoms with E-state index in [1.54, 1.807) is 6.20 Å². The van der Waals surface area contributed by atoms with E-state index < -0.39 is 0 Å². The molecule has 0 saturated heterocycles. The van der Waals surface area contributed by atoms with Gasteiger partial charge in [-0.1, -0.05) is 84.9 Å². The summed E-state index contributed by atoms with van der Waals surface area (Å²) in [5.74, 6) is 1.90. The zero-order chi connectivity index (χ0) is 30.3. The third kappa shape index (κ3) is 6.87. The number of fused-ring (bicyclic) bond motifs is 1. The molecule has 0 aliphatic heterocycles. The van der Waals surface area contributed by atoms with Crippen LogP contribution in [0.25, 0.3) is 67.6 Å². The van der Waals surface area contributed by atoms with E-state index in [0.717, 1.165) is 50.2 Å². The topological polar surface area (TPSA) is 77.6 Å². The molecule has 0 aliphatic carbocycles. The first kappa shape index (κ1) is 30.4. The van der Waals surface area contributed by atoms with E-state index in [4.69, 9.17) is 19.5 Å². The van der Waals surface area contributed by atoms with Crippen LogP contribution in [0.5, 0.6) is 0 Å². The first-order valence-corrected chi connectivity index (χ1v) is 14.4. The fourth-order valence-electron chi connectivity index (χ4n) is 4.83. The Morgan fingerprint density at radius 1 is 0.500 bits per heavy atom. The summed E-state index contributed by atoms with van der Waals surface area (Å²) in [6, 6.07) is 53.6. The summed E-state index contributed by atoms with van der Waals surface area (Å²) in [6.45, 7) is 0. The summed E-state index contributed by atoms with van der Waals surface area (Å²) in [5.41, 5.74) is 7.16. The van der Waals surface area contributed by atoms with E-state index in [2.05, 4.69) is 22.3 Å². The van der Waals surface area contributed by atoms with Crippen LogP contribution in [0.3, 0.4) is 0 Å². The van der Waals surface area contributed by atoms with Crippen molar-refractivity contribution in [2.75, 3.05) is 0 Å². The summed E-state index contributed by atoms with van der Waals surface area (Å²) < 4.78 is 5.23. The Morgan fingerprint density at radius 3 is 1.65 bits per heavy atom. The molecule has 0 bridgehead atoms. The number of hydrogen-bond acceptors (Lipinski definition) is 6. The molecule has 0 N–H and O–H groups in total. The quantitative estimate of drug-likeness (QED) is 0.163. The molecule has 7 heteroatoms. The fraction of sp³-hybridized carbons (Fsp3) is 0. The molecule has 0 unspecified atom stereocenters. The summed E-state index contributed by atoms with van der Waals surface area (Å²) in [7, 11) is 0. The SMILES string of the molecule is [Ir].[c-]1ccccc1-c1cc(-c2nc(-c3ccccc3)nc(-c3ccccc3)n2)ccn1.[c-]1ccccc1-c1noc2ccccc12. The minimum absolute atomic E-state index is 0. The van der Waals surface area contributed by atoms with Crippen molar-refractivity contribution in [2.45, 2.75) is 0 Å². The zero-order valence-corrected chi connectivity index (χ0v) is 26.8. The number of nitrogens with zero attached hydrogens (tertiary/aromatic N) is 5. The number of hydrogen-bond donors (Lipinski definition) is 0. The predicted octanol–water partition coefficient (Wildman–Crippen LogP) is 9.03. The van der Waals surface area contributed by atoms with E-state index in [9.17, 15) is 0 Å². The molecule has 0 fully saturated rings. The Balaban J connectivity index is 0.000000195. The van der Waals surface area contributed by atoms with Crippen LogP contribution in [-0.2, 0) is 20.1 Å². The smallest absolute Gasteiger partial charge is 0.164 e. The monoisotopic (exact) mass is 772 g/mol. The van der Waals surface area contributed by atoms with Crippen molar-refractivity contribution in [1.29, 1.82) is 0 Å². The zero-order valence-electron chi connectivity index (χ0n) is 24.4. The van der Waals surface area contributed by atoms with Crippen molar-refractivity contribution in [3.05, 3.63) is 164 Å². The number of benzene rings is 5. The van der Waals surface area contributed by atoms with Gasteiger partial charge in [0, 0.05) is 54.1 Å². The van der Waals surface area contributed by atoms with Crippen LogP contribution in [0.4, 0.5) is 0 Å². The molecule has 0 aliphatic rings. The van der Waals surface area contributed by atoms with Gasteiger partial charge >= 0.3 is 0 Å². The van der Waals surface area contributed by atoms with E-state index in [1.165, 1.54) is 0 Å². The molecule has 0 spiro atoms. The van der Waals surface area contributed by atoms with Gasteiger partial charge in [0.2, 0.25) is 0 Å². The van der Waals surface area contributed by atoms with Gasteiger partial charge in [0.15, 0.2) is 23.1 Å². The largest absolute Gasteiger partial charge is 0.366 e. The molecular weight excluding hydrogens is 747 g/mol. The van der Waals surface area contributed by atoms with Crippen LogP contribution in [0.15, 0.2) is 156 Å². The molecule has 3 heterocycles. The second-order valence-corrected chi connectivity index (χ2v) is 10.0. The van der Waals surface area contributed by atoms with Crippen molar-refractivity contribution >= 4 is 11.0 Å². The van der Waals surface area contributed by atoms with Crippen LogP contribution in [0, 0.1) is 12.1 Å². The third-order valence-electron chi connectivity index (χ3n) is 7.04. The summed E-state index contributed by atoms with van der Waals surface area (Å²) >= 11 is 0. The van der Waals surface area contributed by atoms with Gasteiger partial charge in [-0.15, -0.1) is 76.9 Å². The standard InChI is InChI=1S/C26H17N4.C13H8NO.Ir/c1-4-10-19(11-5-1)23-18-22(16-17-27-23)26-29-24(20-12-6-2-7-13-20)28-25(30-26)21-14-8-3-9-15-21;1-2-6-10(7-3-1)13-11-8-4-5-9-12(11)15-14-13;/h1-10,12-18H;1-6,8-9H;/q2*-1;. The summed E-state index contributed by atoms with van der Waals surface area (Å²) in [4.78, 5) is 18.8. The molecule has 46 heavy (non-hydrogen) atoms. The molecule has 0 atom stereocenters. The molecule has 8 rings (SSSR count). The molecule has 0 amide bonds. The van der Waals surface area contributed by atoms with Crippen LogP contribution in [-0.4, -0.2) is 25.1 Å². The first-order chi connectivity index (χ1) is 22.3. The minimum atomic E-state index is 0.